The topological polar surface area (TPSA) is 26.0 Å². The summed E-state index contributed by atoms with van der Waals surface area (Å²) in [5.41, 5.74) is 10.8. The van der Waals surface area contributed by atoms with Crippen molar-refractivity contribution in [2.75, 3.05) is 5.73 Å². The van der Waals surface area contributed by atoms with Gasteiger partial charge in [0.2, 0.25) is 0 Å². The number of hydrogen-bond donors (Lipinski definition) is 1. The van der Waals surface area contributed by atoms with Crippen LogP contribution in [0.25, 0.3) is 0 Å². The van der Waals surface area contributed by atoms with Gasteiger partial charge < -0.3 is 5.73 Å². The van der Waals surface area contributed by atoms with Crippen LogP contribution in [0.15, 0.2) is 48.5 Å². The molecule has 0 fully saturated rings. The molecule has 0 radical (unpaired) electrons. The van der Waals surface area contributed by atoms with Gasteiger partial charge in [0.15, 0.2) is 0 Å². The molecule has 2 rings (SSSR count). The van der Waals surface area contributed by atoms with Crippen molar-refractivity contribution in [3.8, 4) is 0 Å². The molecule has 0 aliphatic carbocycles. The van der Waals surface area contributed by atoms with Crippen LogP contribution < -0.4 is 5.73 Å². The van der Waals surface area contributed by atoms with Gasteiger partial charge in [-0.1, -0.05) is 36.4 Å². The van der Waals surface area contributed by atoms with E-state index in [0.717, 1.165) is 18.5 Å². The molecule has 0 saturated heterocycles. The molecular weight excluding hydrogens is 206 g/mol. The first-order valence-corrected chi connectivity index (χ1v) is 6.14. The molecule has 0 aromatic heterocycles. The Morgan fingerprint density at radius 2 is 1.76 bits per heavy atom. The van der Waals surface area contributed by atoms with Crippen molar-refractivity contribution >= 4 is 5.69 Å². The minimum atomic E-state index is 0.860. The molecule has 0 amide bonds. The van der Waals surface area contributed by atoms with Crippen molar-refractivity contribution in [1.29, 1.82) is 0 Å². The number of nitrogens with two attached hydrogens (primary N) is 1. The number of benzene rings is 2. The lowest BCUT2D eigenvalue weighted by atomic mass is 10.0. The van der Waals surface area contributed by atoms with E-state index < -0.39 is 0 Å². The Kier molecular flexibility index (Phi) is 3.81. The maximum Gasteiger partial charge on any atom is 0.0316 e. The lowest BCUT2D eigenvalue weighted by Crippen LogP contribution is -1.93. The van der Waals surface area contributed by atoms with Crippen LogP contribution in [-0.4, -0.2) is 0 Å². The van der Waals surface area contributed by atoms with E-state index in [-0.39, 0.29) is 0 Å². The normalized spacial score (nSPS) is 10.4. The molecule has 0 saturated carbocycles. The third-order valence-electron chi connectivity index (χ3n) is 3.12. The largest absolute Gasteiger partial charge is 0.399 e. The van der Waals surface area contributed by atoms with Gasteiger partial charge >= 0.3 is 0 Å². The first kappa shape index (κ1) is 11.7. The lowest BCUT2D eigenvalue weighted by molar-refractivity contribution is 0.816. The predicted molar refractivity (Wildman–Crippen MR) is 74.1 cm³/mol. The summed E-state index contributed by atoms with van der Waals surface area (Å²) in [4.78, 5) is 0. The summed E-state index contributed by atoms with van der Waals surface area (Å²) in [5.74, 6) is 0. The van der Waals surface area contributed by atoms with Crippen LogP contribution in [0.3, 0.4) is 0 Å². The molecule has 0 atom stereocenters. The third kappa shape index (κ3) is 3.35. The zero-order chi connectivity index (χ0) is 12.1. The summed E-state index contributed by atoms with van der Waals surface area (Å²) in [6.07, 6.45) is 3.41. The molecular formula is C16H19N. The Labute approximate surface area is 103 Å². The Hall–Kier alpha value is -1.76. The van der Waals surface area contributed by atoms with Crippen LogP contribution in [0, 0.1) is 6.92 Å². The van der Waals surface area contributed by atoms with Gasteiger partial charge in [0.1, 0.15) is 0 Å². The first-order chi connectivity index (χ1) is 8.25. The van der Waals surface area contributed by atoms with Gasteiger partial charge in [0, 0.05) is 5.69 Å². The van der Waals surface area contributed by atoms with Crippen molar-refractivity contribution < 1.29 is 0 Å². The zero-order valence-corrected chi connectivity index (χ0v) is 10.3. The molecule has 0 aliphatic rings. The first-order valence-electron chi connectivity index (χ1n) is 6.14. The van der Waals surface area contributed by atoms with E-state index in [1.54, 1.807) is 0 Å². The predicted octanol–water partition coefficient (Wildman–Crippen LogP) is 3.75. The van der Waals surface area contributed by atoms with E-state index >= 15 is 0 Å². The van der Waals surface area contributed by atoms with Crippen LogP contribution in [0.4, 0.5) is 5.69 Å². The van der Waals surface area contributed by atoms with Crippen LogP contribution >= 0.6 is 0 Å². The van der Waals surface area contributed by atoms with E-state index in [1.165, 1.54) is 23.1 Å². The maximum atomic E-state index is 5.77. The average Bonchev–Trinajstić information content (AvgIpc) is 2.32. The molecule has 0 heterocycles. The van der Waals surface area contributed by atoms with Gasteiger partial charge in [-0.25, -0.2) is 0 Å². The second kappa shape index (κ2) is 5.53. The summed E-state index contributed by atoms with van der Waals surface area (Å²) >= 11 is 0. The van der Waals surface area contributed by atoms with Crippen LogP contribution in [-0.2, 0) is 12.8 Å². The fraction of sp³-hybridized carbons (Fsp3) is 0.250. The Balaban J connectivity index is 1.90. The number of aryl methyl sites for hydroxylation is 3. The molecule has 88 valence electrons. The number of nitrogen functional groups attached to an aromatic ring is 1. The highest BCUT2D eigenvalue weighted by Gasteiger charge is 1.98. The summed E-state index contributed by atoms with van der Waals surface area (Å²) in [6.45, 7) is 2.18. The number of anilines is 1. The zero-order valence-electron chi connectivity index (χ0n) is 10.3. The summed E-state index contributed by atoms with van der Waals surface area (Å²) < 4.78 is 0. The molecule has 0 bridgehead atoms. The highest BCUT2D eigenvalue weighted by Crippen LogP contribution is 2.13. The second-order valence-electron chi connectivity index (χ2n) is 4.53. The summed E-state index contributed by atoms with van der Waals surface area (Å²) in [6, 6.07) is 16.8. The second-order valence-corrected chi connectivity index (χ2v) is 4.53. The van der Waals surface area contributed by atoms with E-state index in [2.05, 4.69) is 43.3 Å². The van der Waals surface area contributed by atoms with Crippen molar-refractivity contribution in [3.63, 3.8) is 0 Å². The van der Waals surface area contributed by atoms with Gasteiger partial charge in [0.05, 0.1) is 0 Å². The average molecular weight is 225 g/mol. The number of hydrogen-bond acceptors (Lipinski definition) is 1. The summed E-state index contributed by atoms with van der Waals surface area (Å²) in [5, 5.41) is 0. The van der Waals surface area contributed by atoms with E-state index in [4.69, 9.17) is 5.73 Å². The van der Waals surface area contributed by atoms with Gasteiger partial charge in [-0.3, -0.25) is 0 Å². The minimum absolute atomic E-state index is 0.860. The molecule has 1 heteroatoms. The molecule has 1 nitrogen and oxygen atoms in total. The fourth-order valence-corrected chi connectivity index (χ4v) is 2.12. The van der Waals surface area contributed by atoms with Crippen LogP contribution in [0.5, 0.6) is 0 Å². The third-order valence-corrected chi connectivity index (χ3v) is 3.12. The Morgan fingerprint density at radius 3 is 2.53 bits per heavy atom. The van der Waals surface area contributed by atoms with E-state index in [1.807, 2.05) is 12.1 Å². The number of rotatable bonds is 4. The molecule has 0 spiro atoms. The van der Waals surface area contributed by atoms with Gasteiger partial charge in [-0.05, 0) is 55.0 Å². The maximum absolute atomic E-state index is 5.77. The fourth-order valence-electron chi connectivity index (χ4n) is 2.12. The highest BCUT2D eigenvalue weighted by atomic mass is 14.5. The van der Waals surface area contributed by atoms with Gasteiger partial charge in [0.25, 0.3) is 0 Å². The van der Waals surface area contributed by atoms with Gasteiger partial charge in [-0.2, -0.15) is 0 Å². The van der Waals surface area contributed by atoms with Crippen molar-refractivity contribution in [3.05, 3.63) is 65.2 Å². The lowest BCUT2D eigenvalue weighted by Gasteiger charge is -2.06. The highest BCUT2D eigenvalue weighted by molar-refractivity contribution is 5.40. The molecule has 17 heavy (non-hydrogen) atoms. The van der Waals surface area contributed by atoms with Gasteiger partial charge in [-0.15, -0.1) is 0 Å². The van der Waals surface area contributed by atoms with Crippen molar-refractivity contribution in [2.24, 2.45) is 0 Å². The van der Waals surface area contributed by atoms with Crippen molar-refractivity contribution in [1.82, 2.24) is 0 Å². The molecule has 2 aromatic rings. The minimum Gasteiger partial charge on any atom is -0.399 e. The smallest absolute Gasteiger partial charge is 0.0316 e. The monoisotopic (exact) mass is 225 g/mol. The van der Waals surface area contributed by atoms with Crippen LogP contribution in [0.2, 0.25) is 0 Å². The van der Waals surface area contributed by atoms with E-state index in [9.17, 15) is 0 Å². The van der Waals surface area contributed by atoms with Crippen molar-refractivity contribution in [2.45, 2.75) is 26.2 Å². The molecule has 2 N–H and O–H groups in total. The van der Waals surface area contributed by atoms with E-state index in [0.29, 0.717) is 0 Å². The Bertz CT molecular complexity index is 488. The molecule has 0 unspecified atom stereocenters. The van der Waals surface area contributed by atoms with Crippen LogP contribution in [0.1, 0.15) is 23.1 Å². The molecule has 2 aromatic carbocycles. The SMILES string of the molecule is Cc1ccccc1CCCc1cccc(N)c1. The quantitative estimate of drug-likeness (QED) is 0.788. The Morgan fingerprint density at radius 1 is 0.941 bits per heavy atom. The molecule has 0 aliphatic heterocycles. The summed E-state index contributed by atoms with van der Waals surface area (Å²) in [7, 11) is 0. The standard InChI is InChI=1S/C16H19N/c1-13-6-2-3-9-15(13)10-4-7-14-8-5-11-16(17)12-14/h2-3,5-6,8-9,11-12H,4,7,10,17H2,1H3.